The summed E-state index contributed by atoms with van der Waals surface area (Å²) in [6.45, 7) is 1.18. The van der Waals surface area contributed by atoms with E-state index >= 15 is 0 Å². The van der Waals surface area contributed by atoms with E-state index in [9.17, 15) is 4.79 Å². The van der Waals surface area contributed by atoms with Gasteiger partial charge in [-0.05, 0) is 31.2 Å². The van der Waals surface area contributed by atoms with Crippen molar-refractivity contribution >= 4 is 17.5 Å². The summed E-state index contributed by atoms with van der Waals surface area (Å²) < 4.78 is 0. The Morgan fingerprint density at radius 1 is 1.50 bits per heavy atom. The van der Waals surface area contributed by atoms with Crippen molar-refractivity contribution in [3.05, 3.63) is 34.9 Å². The molecule has 0 spiro atoms. The lowest BCUT2D eigenvalue weighted by atomic mass is 10.2. The van der Waals surface area contributed by atoms with Crippen LogP contribution in [0.2, 0.25) is 5.02 Å². The van der Waals surface area contributed by atoms with Gasteiger partial charge in [-0.25, -0.2) is 0 Å². The Morgan fingerprint density at radius 3 is 2.93 bits per heavy atom. The molecule has 1 rings (SSSR count). The van der Waals surface area contributed by atoms with E-state index in [-0.39, 0.29) is 5.91 Å². The van der Waals surface area contributed by atoms with Crippen molar-refractivity contribution in [1.29, 1.82) is 0 Å². The summed E-state index contributed by atoms with van der Waals surface area (Å²) in [5, 5.41) is 3.32. The molecule has 0 aliphatic carbocycles. The number of rotatable bonds is 4. The van der Waals surface area contributed by atoms with Crippen molar-refractivity contribution in [3.8, 4) is 0 Å². The molecule has 0 aliphatic rings. The zero-order valence-electron chi connectivity index (χ0n) is 7.79. The molecule has 1 aromatic carbocycles. The third-order valence-corrected chi connectivity index (χ3v) is 1.99. The average Bonchev–Trinajstić information content (AvgIpc) is 2.18. The number of benzene rings is 1. The van der Waals surface area contributed by atoms with Crippen LogP contribution in [0, 0.1) is 0 Å². The molecule has 0 aliphatic heterocycles. The van der Waals surface area contributed by atoms with E-state index in [1.165, 1.54) is 0 Å². The summed E-state index contributed by atoms with van der Waals surface area (Å²) in [5.41, 5.74) is 5.88. The molecule has 0 saturated heterocycles. The first-order valence-corrected chi connectivity index (χ1v) is 4.85. The van der Waals surface area contributed by atoms with Crippen molar-refractivity contribution < 1.29 is 4.79 Å². The van der Waals surface area contributed by atoms with Crippen LogP contribution in [0.15, 0.2) is 24.3 Å². The molecule has 0 atom stereocenters. The Hall–Kier alpha value is -1.06. The Balaban J connectivity index is 2.52. The lowest BCUT2D eigenvalue weighted by Gasteiger charge is -2.03. The second-order valence-electron chi connectivity index (χ2n) is 2.91. The quantitative estimate of drug-likeness (QED) is 0.742. The van der Waals surface area contributed by atoms with Crippen molar-refractivity contribution in [1.82, 2.24) is 5.32 Å². The van der Waals surface area contributed by atoms with E-state index in [2.05, 4.69) is 5.32 Å². The van der Waals surface area contributed by atoms with Crippen LogP contribution in [0.3, 0.4) is 0 Å². The number of carbonyl (C=O) groups is 1. The monoisotopic (exact) mass is 212 g/mol. The van der Waals surface area contributed by atoms with Gasteiger partial charge in [0.05, 0.1) is 0 Å². The molecular formula is C10H13ClN2O. The zero-order chi connectivity index (χ0) is 10.4. The summed E-state index contributed by atoms with van der Waals surface area (Å²) in [7, 11) is 0. The van der Waals surface area contributed by atoms with Gasteiger partial charge in [0.15, 0.2) is 0 Å². The highest BCUT2D eigenvalue weighted by Crippen LogP contribution is 2.10. The summed E-state index contributed by atoms with van der Waals surface area (Å²) in [6, 6.07) is 6.85. The molecule has 1 aromatic rings. The number of nitrogens with two attached hydrogens (primary N) is 1. The topological polar surface area (TPSA) is 55.1 Å². The molecule has 0 fully saturated rings. The minimum atomic E-state index is -0.110. The van der Waals surface area contributed by atoms with Crippen LogP contribution in [-0.2, 0) is 0 Å². The highest BCUT2D eigenvalue weighted by Gasteiger charge is 2.03. The summed E-state index contributed by atoms with van der Waals surface area (Å²) in [6.07, 6.45) is 0.784. The molecule has 0 unspecified atom stereocenters. The third kappa shape index (κ3) is 3.36. The first-order valence-electron chi connectivity index (χ1n) is 4.48. The van der Waals surface area contributed by atoms with E-state index in [4.69, 9.17) is 17.3 Å². The second kappa shape index (κ2) is 5.62. The van der Waals surface area contributed by atoms with Crippen LogP contribution < -0.4 is 11.1 Å². The highest BCUT2D eigenvalue weighted by molar-refractivity contribution is 6.30. The fourth-order valence-electron chi connectivity index (χ4n) is 1.04. The molecule has 0 heterocycles. The number of hydrogen-bond acceptors (Lipinski definition) is 2. The van der Waals surface area contributed by atoms with Crippen LogP contribution >= 0.6 is 11.6 Å². The SMILES string of the molecule is NCCCNC(=O)c1cccc(Cl)c1. The Bertz CT molecular complexity index is 315. The molecule has 14 heavy (non-hydrogen) atoms. The predicted octanol–water partition coefficient (Wildman–Crippen LogP) is 1.42. The molecular weight excluding hydrogens is 200 g/mol. The first kappa shape index (κ1) is 11.0. The fourth-order valence-corrected chi connectivity index (χ4v) is 1.23. The van der Waals surface area contributed by atoms with Crippen LogP contribution in [-0.4, -0.2) is 19.0 Å². The Labute approximate surface area is 88.2 Å². The zero-order valence-corrected chi connectivity index (χ0v) is 8.55. The molecule has 1 amide bonds. The van der Waals surface area contributed by atoms with Gasteiger partial charge in [0.25, 0.3) is 5.91 Å². The van der Waals surface area contributed by atoms with Gasteiger partial charge < -0.3 is 11.1 Å². The number of nitrogens with one attached hydrogen (secondary N) is 1. The fraction of sp³-hybridized carbons (Fsp3) is 0.300. The van der Waals surface area contributed by atoms with Crippen molar-refractivity contribution in [2.45, 2.75) is 6.42 Å². The van der Waals surface area contributed by atoms with Gasteiger partial charge >= 0.3 is 0 Å². The smallest absolute Gasteiger partial charge is 0.251 e. The maximum Gasteiger partial charge on any atom is 0.251 e. The lowest BCUT2D eigenvalue weighted by molar-refractivity contribution is 0.0953. The molecule has 76 valence electrons. The van der Waals surface area contributed by atoms with E-state index < -0.39 is 0 Å². The summed E-state index contributed by atoms with van der Waals surface area (Å²) in [4.78, 5) is 11.5. The molecule has 0 bridgehead atoms. The van der Waals surface area contributed by atoms with Crippen LogP contribution in [0.4, 0.5) is 0 Å². The van der Waals surface area contributed by atoms with E-state index in [0.717, 1.165) is 6.42 Å². The van der Waals surface area contributed by atoms with Crippen molar-refractivity contribution in [2.75, 3.05) is 13.1 Å². The van der Waals surface area contributed by atoms with Gasteiger partial charge in [-0.1, -0.05) is 17.7 Å². The molecule has 3 N–H and O–H groups in total. The highest BCUT2D eigenvalue weighted by atomic mass is 35.5. The van der Waals surface area contributed by atoms with Gasteiger partial charge in [0, 0.05) is 17.1 Å². The Morgan fingerprint density at radius 2 is 2.29 bits per heavy atom. The molecule has 0 saturated carbocycles. The lowest BCUT2D eigenvalue weighted by Crippen LogP contribution is -2.25. The molecule has 3 nitrogen and oxygen atoms in total. The second-order valence-corrected chi connectivity index (χ2v) is 3.34. The summed E-state index contributed by atoms with van der Waals surface area (Å²) >= 11 is 5.75. The van der Waals surface area contributed by atoms with Gasteiger partial charge in [-0.2, -0.15) is 0 Å². The minimum Gasteiger partial charge on any atom is -0.352 e. The predicted molar refractivity (Wildman–Crippen MR) is 57.5 cm³/mol. The van der Waals surface area contributed by atoms with E-state index in [1.54, 1.807) is 24.3 Å². The van der Waals surface area contributed by atoms with Gasteiger partial charge in [0.1, 0.15) is 0 Å². The van der Waals surface area contributed by atoms with Crippen LogP contribution in [0.1, 0.15) is 16.8 Å². The van der Waals surface area contributed by atoms with E-state index in [1.807, 2.05) is 0 Å². The molecule has 0 radical (unpaired) electrons. The standard InChI is InChI=1S/C10H13ClN2O/c11-9-4-1-3-8(7-9)10(14)13-6-2-5-12/h1,3-4,7H,2,5-6,12H2,(H,13,14). The van der Waals surface area contributed by atoms with E-state index in [0.29, 0.717) is 23.7 Å². The van der Waals surface area contributed by atoms with Gasteiger partial charge in [-0.15, -0.1) is 0 Å². The first-order chi connectivity index (χ1) is 6.74. The average molecular weight is 213 g/mol. The maximum atomic E-state index is 11.5. The van der Waals surface area contributed by atoms with Gasteiger partial charge in [0.2, 0.25) is 0 Å². The number of amides is 1. The molecule has 0 aromatic heterocycles. The minimum absolute atomic E-state index is 0.110. The largest absolute Gasteiger partial charge is 0.352 e. The summed E-state index contributed by atoms with van der Waals surface area (Å²) in [5.74, 6) is -0.110. The van der Waals surface area contributed by atoms with Crippen LogP contribution in [0.5, 0.6) is 0 Å². The Kier molecular flexibility index (Phi) is 4.43. The molecule has 4 heteroatoms. The van der Waals surface area contributed by atoms with Crippen molar-refractivity contribution in [3.63, 3.8) is 0 Å². The van der Waals surface area contributed by atoms with Crippen LogP contribution in [0.25, 0.3) is 0 Å². The number of halogens is 1. The third-order valence-electron chi connectivity index (χ3n) is 1.75. The number of hydrogen-bond donors (Lipinski definition) is 2. The van der Waals surface area contributed by atoms with Gasteiger partial charge in [-0.3, -0.25) is 4.79 Å². The van der Waals surface area contributed by atoms with Crippen molar-refractivity contribution in [2.24, 2.45) is 5.73 Å². The normalized spacial score (nSPS) is 9.86. The number of carbonyl (C=O) groups excluding carboxylic acids is 1. The maximum absolute atomic E-state index is 11.5.